The van der Waals surface area contributed by atoms with Crippen molar-refractivity contribution in [1.82, 2.24) is 0 Å². The lowest BCUT2D eigenvalue weighted by molar-refractivity contribution is -0.00175. The van der Waals surface area contributed by atoms with Crippen LogP contribution in [-0.4, -0.2) is 42.9 Å². The van der Waals surface area contributed by atoms with Crippen LogP contribution in [0.2, 0.25) is 0 Å². The lowest BCUT2D eigenvalue weighted by atomic mass is 10.3. The first-order chi connectivity index (χ1) is 6.11. The van der Waals surface area contributed by atoms with E-state index in [1.807, 2.05) is 6.92 Å². The summed E-state index contributed by atoms with van der Waals surface area (Å²) in [7, 11) is -2.59. The van der Waals surface area contributed by atoms with E-state index >= 15 is 0 Å². The predicted octanol–water partition coefficient (Wildman–Crippen LogP) is 1.08. The molecule has 0 amide bonds. The second-order valence-corrected chi connectivity index (χ2v) is 5.78. The Morgan fingerprint density at radius 1 is 1.38 bits per heavy atom. The highest BCUT2D eigenvalue weighted by molar-refractivity contribution is 7.59. The maximum Gasteiger partial charge on any atom is 0.208 e. The van der Waals surface area contributed by atoms with Gasteiger partial charge in [-0.3, -0.25) is 4.57 Å². The van der Waals surface area contributed by atoms with Crippen molar-refractivity contribution in [2.75, 3.05) is 25.5 Å². The van der Waals surface area contributed by atoms with Crippen molar-refractivity contribution >= 4 is 7.37 Å². The molecular formula is C8H17O4P. The zero-order valence-corrected chi connectivity index (χ0v) is 9.00. The molecule has 1 N–H and O–H groups in total. The van der Waals surface area contributed by atoms with E-state index in [1.165, 1.54) is 0 Å². The summed E-state index contributed by atoms with van der Waals surface area (Å²) in [6.07, 6.45) is -0.332. The molecule has 0 aromatic rings. The monoisotopic (exact) mass is 208 g/mol. The molecule has 5 heteroatoms. The Kier molecular flexibility index (Phi) is 3.92. The minimum atomic E-state index is -2.59. The standard InChI is InChI=1S/C8H17O4P/c1-3-11-8-6-13(10,12-4-2)5-7(8)9/h7-9H,3-6H2,1-2H3. The average molecular weight is 208 g/mol. The number of hydrogen-bond acceptors (Lipinski definition) is 4. The van der Waals surface area contributed by atoms with Gasteiger partial charge in [-0.2, -0.15) is 0 Å². The van der Waals surface area contributed by atoms with Crippen LogP contribution in [0.4, 0.5) is 0 Å². The van der Waals surface area contributed by atoms with Crippen LogP contribution < -0.4 is 0 Å². The van der Waals surface area contributed by atoms with Gasteiger partial charge in [-0.15, -0.1) is 0 Å². The minimum absolute atomic E-state index is 0.242. The Morgan fingerprint density at radius 2 is 2.08 bits per heavy atom. The van der Waals surface area contributed by atoms with Gasteiger partial charge in [0.05, 0.1) is 31.1 Å². The van der Waals surface area contributed by atoms with Crippen molar-refractivity contribution < 1.29 is 18.9 Å². The van der Waals surface area contributed by atoms with Crippen LogP contribution in [0.25, 0.3) is 0 Å². The molecule has 0 radical (unpaired) electrons. The summed E-state index contributed by atoms with van der Waals surface area (Å²) in [5, 5.41) is 9.51. The zero-order chi connectivity index (χ0) is 9.90. The van der Waals surface area contributed by atoms with Gasteiger partial charge in [0.25, 0.3) is 0 Å². The fourth-order valence-electron chi connectivity index (χ4n) is 1.59. The molecular weight excluding hydrogens is 191 g/mol. The smallest absolute Gasteiger partial charge is 0.208 e. The quantitative estimate of drug-likeness (QED) is 0.702. The maximum absolute atomic E-state index is 11.8. The van der Waals surface area contributed by atoms with Gasteiger partial charge in [0.1, 0.15) is 0 Å². The molecule has 0 aromatic carbocycles. The fourth-order valence-corrected chi connectivity index (χ4v) is 4.12. The number of hydrogen-bond donors (Lipinski definition) is 1. The number of ether oxygens (including phenoxy) is 1. The molecule has 0 bridgehead atoms. The van der Waals surface area contributed by atoms with Crippen LogP contribution in [-0.2, 0) is 13.8 Å². The second kappa shape index (κ2) is 4.56. The molecule has 0 aromatic heterocycles. The van der Waals surface area contributed by atoms with E-state index in [9.17, 15) is 9.67 Å². The average Bonchev–Trinajstić information content (AvgIpc) is 2.28. The third kappa shape index (κ3) is 2.78. The molecule has 3 atom stereocenters. The Labute approximate surface area is 78.7 Å². The van der Waals surface area contributed by atoms with Gasteiger partial charge in [-0.25, -0.2) is 0 Å². The molecule has 0 aliphatic carbocycles. The zero-order valence-electron chi connectivity index (χ0n) is 8.10. The summed E-state index contributed by atoms with van der Waals surface area (Å²) in [5.41, 5.74) is 0. The first kappa shape index (κ1) is 11.2. The summed E-state index contributed by atoms with van der Waals surface area (Å²) >= 11 is 0. The van der Waals surface area contributed by atoms with Crippen molar-refractivity contribution in [3.63, 3.8) is 0 Å². The molecule has 1 fully saturated rings. The molecule has 0 spiro atoms. The normalized spacial score (nSPS) is 39.6. The van der Waals surface area contributed by atoms with Gasteiger partial charge in [0, 0.05) is 6.61 Å². The van der Waals surface area contributed by atoms with E-state index in [4.69, 9.17) is 9.26 Å². The van der Waals surface area contributed by atoms with Gasteiger partial charge in [-0.05, 0) is 13.8 Å². The van der Waals surface area contributed by atoms with Crippen LogP contribution in [0.5, 0.6) is 0 Å². The van der Waals surface area contributed by atoms with Gasteiger partial charge in [0.2, 0.25) is 7.37 Å². The van der Waals surface area contributed by atoms with Crippen LogP contribution in [0.15, 0.2) is 0 Å². The minimum Gasteiger partial charge on any atom is -0.390 e. The van der Waals surface area contributed by atoms with Crippen molar-refractivity contribution in [2.24, 2.45) is 0 Å². The Bertz CT molecular complexity index is 206. The van der Waals surface area contributed by atoms with E-state index in [2.05, 4.69) is 0 Å². The fraction of sp³-hybridized carbons (Fsp3) is 1.00. The first-order valence-corrected chi connectivity index (χ1v) is 6.63. The van der Waals surface area contributed by atoms with E-state index in [-0.39, 0.29) is 12.3 Å². The summed E-state index contributed by atoms with van der Waals surface area (Å²) < 4.78 is 22.3. The molecule has 1 heterocycles. The van der Waals surface area contributed by atoms with Crippen LogP contribution in [0.3, 0.4) is 0 Å². The summed E-state index contributed by atoms with van der Waals surface area (Å²) in [6.45, 7) is 4.63. The first-order valence-electron chi connectivity index (χ1n) is 4.63. The molecule has 1 aliphatic heterocycles. The summed E-state index contributed by atoms with van der Waals surface area (Å²) in [5.74, 6) is 0. The van der Waals surface area contributed by atoms with Crippen molar-refractivity contribution in [2.45, 2.75) is 26.1 Å². The lowest BCUT2D eigenvalue weighted by Crippen LogP contribution is -2.26. The van der Waals surface area contributed by atoms with Crippen molar-refractivity contribution in [3.05, 3.63) is 0 Å². The van der Waals surface area contributed by atoms with Crippen molar-refractivity contribution in [3.8, 4) is 0 Å². The largest absolute Gasteiger partial charge is 0.390 e. The van der Waals surface area contributed by atoms with Crippen LogP contribution in [0.1, 0.15) is 13.8 Å². The summed E-state index contributed by atoms with van der Waals surface area (Å²) in [6, 6.07) is 0. The third-order valence-electron chi connectivity index (χ3n) is 2.10. The molecule has 1 saturated heterocycles. The topological polar surface area (TPSA) is 55.8 Å². The Hall–Kier alpha value is 0.110. The maximum atomic E-state index is 11.8. The molecule has 1 rings (SSSR count). The van der Waals surface area contributed by atoms with E-state index < -0.39 is 13.5 Å². The van der Waals surface area contributed by atoms with Gasteiger partial charge >= 0.3 is 0 Å². The highest BCUT2D eigenvalue weighted by Gasteiger charge is 2.42. The van der Waals surface area contributed by atoms with Crippen LogP contribution >= 0.6 is 7.37 Å². The third-order valence-corrected chi connectivity index (χ3v) is 4.67. The van der Waals surface area contributed by atoms with E-state index in [0.717, 1.165) is 0 Å². The molecule has 0 saturated carbocycles. The number of rotatable bonds is 4. The number of aliphatic hydroxyl groups excluding tert-OH is 1. The lowest BCUT2D eigenvalue weighted by Gasteiger charge is -2.12. The van der Waals surface area contributed by atoms with Crippen molar-refractivity contribution in [1.29, 1.82) is 0 Å². The van der Waals surface area contributed by atoms with Gasteiger partial charge in [0.15, 0.2) is 0 Å². The predicted molar refractivity (Wildman–Crippen MR) is 50.4 cm³/mol. The SMILES string of the molecule is CCOC1CP(=O)(OCC)CC1O. The van der Waals surface area contributed by atoms with Gasteiger partial charge in [-0.1, -0.05) is 0 Å². The molecule has 4 nitrogen and oxygen atoms in total. The number of aliphatic hydroxyl groups is 1. The Morgan fingerprint density at radius 3 is 2.62 bits per heavy atom. The van der Waals surface area contributed by atoms with E-state index in [1.54, 1.807) is 6.92 Å². The van der Waals surface area contributed by atoms with E-state index in [0.29, 0.717) is 19.4 Å². The highest BCUT2D eigenvalue weighted by atomic mass is 31.2. The molecule has 1 aliphatic rings. The summed E-state index contributed by atoms with van der Waals surface area (Å²) in [4.78, 5) is 0. The van der Waals surface area contributed by atoms with Gasteiger partial charge < -0.3 is 14.4 Å². The Balaban J connectivity index is 2.53. The molecule has 78 valence electrons. The molecule has 13 heavy (non-hydrogen) atoms. The molecule has 3 unspecified atom stereocenters. The second-order valence-electron chi connectivity index (χ2n) is 3.16. The van der Waals surface area contributed by atoms with Crippen LogP contribution in [0, 0.1) is 0 Å². The highest BCUT2D eigenvalue weighted by Crippen LogP contribution is 2.53.